The van der Waals surface area contributed by atoms with Gasteiger partial charge in [0.15, 0.2) is 0 Å². The molecule has 1 nitrogen and oxygen atoms in total. The molecular weight excluding hydrogens is 295 g/mol. The lowest BCUT2D eigenvalue weighted by molar-refractivity contribution is 0.0738. The van der Waals surface area contributed by atoms with Crippen molar-refractivity contribution in [3.63, 3.8) is 0 Å². The fourth-order valence-corrected chi connectivity index (χ4v) is 2.75. The predicted octanol–water partition coefficient (Wildman–Crippen LogP) is 4.48. The average Bonchev–Trinajstić information content (AvgIpc) is 2.28. The first-order chi connectivity index (χ1) is 8.41. The molecule has 0 fully saturated rings. The summed E-state index contributed by atoms with van der Waals surface area (Å²) in [5, 5.41) is 10.1. The second-order valence-electron chi connectivity index (χ2n) is 4.71. The van der Waals surface area contributed by atoms with Gasteiger partial charge in [-0.05, 0) is 25.5 Å². The molecule has 0 amide bonds. The average molecular weight is 309 g/mol. The van der Waals surface area contributed by atoms with Crippen molar-refractivity contribution in [2.75, 3.05) is 0 Å². The monoisotopic (exact) mass is 308 g/mol. The molecular formula is C15H14BrFO. The van der Waals surface area contributed by atoms with E-state index >= 15 is 0 Å². The van der Waals surface area contributed by atoms with Crippen molar-refractivity contribution in [3.05, 3.63) is 58.3 Å². The van der Waals surface area contributed by atoms with Crippen LogP contribution in [0.5, 0.6) is 0 Å². The maximum Gasteiger partial charge on any atom is 0.138 e. The van der Waals surface area contributed by atoms with E-state index in [1.807, 2.05) is 30.3 Å². The van der Waals surface area contributed by atoms with Crippen molar-refractivity contribution in [1.82, 2.24) is 0 Å². The summed E-state index contributed by atoms with van der Waals surface area (Å²) in [6.07, 6.45) is 0. The van der Waals surface area contributed by atoms with Gasteiger partial charge in [0.25, 0.3) is 0 Å². The highest BCUT2D eigenvalue weighted by Gasteiger charge is 2.25. The first kappa shape index (κ1) is 13.2. The highest BCUT2D eigenvalue weighted by Crippen LogP contribution is 2.35. The van der Waals surface area contributed by atoms with Crippen molar-refractivity contribution in [2.45, 2.75) is 19.4 Å². The molecule has 0 heterocycles. The summed E-state index contributed by atoms with van der Waals surface area (Å²) in [6, 6.07) is 12.8. The van der Waals surface area contributed by atoms with Crippen molar-refractivity contribution >= 4 is 15.9 Å². The van der Waals surface area contributed by atoms with Crippen LogP contribution in [0.15, 0.2) is 46.9 Å². The maximum absolute atomic E-state index is 14.5. The van der Waals surface area contributed by atoms with Crippen molar-refractivity contribution in [1.29, 1.82) is 0 Å². The van der Waals surface area contributed by atoms with E-state index in [0.29, 0.717) is 10.0 Å². The number of rotatable bonds is 2. The minimum absolute atomic E-state index is 0.281. The smallest absolute Gasteiger partial charge is 0.138 e. The Morgan fingerprint density at radius 1 is 1.06 bits per heavy atom. The molecule has 0 spiro atoms. The first-order valence-corrected chi connectivity index (χ1v) is 6.47. The normalized spacial score (nSPS) is 11.6. The molecule has 0 saturated carbocycles. The second kappa shape index (κ2) is 4.82. The van der Waals surface area contributed by atoms with Crippen molar-refractivity contribution in [2.24, 2.45) is 0 Å². The zero-order valence-electron chi connectivity index (χ0n) is 10.2. The van der Waals surface area contributed by atoms with Gasteiger partial charge in [0, 0.05) is 15.6 Å². The van der Waals surface area contributed by atoms with E-state index in [2.05, 4.69) is 15.9 Å². The highest BCUT2D eigenvalue weighted by molar-refractivity contribution is 9.10. The Morgan fingerprint density at radius 3 is 2.22 bits per heavy atom. The predicted molar refractivity (Wildman–Crippen MR) is 74.8 cm³/mol. The number of aliphatic hydroxyl groups is 1. The zero-order chi connectivity index (χ0) is 13.3. The number of halogens is 2. The van der Waals surface area contributed by atoms with E-state index in [4.69, 9.17) is 0 Å². The number of hydrogen-bond donors (Lipinski definition) is 1. The van der Waals surface area contributed by atoms with Crippen LogP contribution in [0.2, 0.25) is 0 Å². The zero-order valence-corrected chi connectivity index (χ0v) is 11.8. The van der Waals surface area contributed by atoms with Gasteiger partial charge in [0.1, 0.15) is 5.82 Å². The van der Waals surface area contributed by atoms with Crippen LogP contribution in [0, 0.1) is 5.82 Å². The minimum Gasteiger partial charge on any atom is -0.386 e. The van der Waals surface area contributed by atoms with Gasteiger partial charge in [-0.2, -0.15) is 0 Å². The van der Waals surface area contributed by atoms with Gasteiger partial charge in [0.2, 0.25) is 0 Å². The van der Waals surface area contributed by atoms with E-state index < -0.39 is 5.60 Å². The molecule has 2 aromatic rings. The third kappa shape index (κ3) is 2.47. The molecule has 0 saturated heterocycles. The summed E-state index contributed by atoms with van der Waals surface area (Å²) in [4.78, 5) is 0. The van der Waals surface area contributed by atoms with E-state index in [1.54, 1.807) is 26.0 Å². The van der Waals surface area contributed by atoms with E-state index in [-0.39, 0.29) is 11.4 Å². The lowest BCUT2D eigenvalue weighted by atomic mass is 9.93. The van der Waals surface area contributed by atoms with Crippen molar-refractivity contribution in [3.8, 4) is 11.1 Å². The van der Waals surface area contributed by atoms with Gasteiger partial charge in [-0.1, -0.05) is 52.3 Å². The minimum atomic E-state index is -1.23. The summed E-state index contributed by atoms with van der Waals surface area (Å²) in [7, 11) is 0. The highest BCUT2D eigenvalue weighted by atomic mass is 79.9. The van der Waals surface area contributed by atoms with Crippen molar-refractivity contribution < 1.29 is 9.50 Å². The molecule has 2 rings (SSSR count). The Kier molecular flexibility index (Phi) is 3.55. The second-order valence-corrected chi connectivity index (χ2v) is 5.56. The summed E-state index contributed by atoms with van der Waals surface area (Å²) in [5.41, 5.74) is 0.348. The molecule has 0 aliphatic heterocycles. The third-order valence-corrected chi connectivity index (χ3v) is 3.45. The molecule has 2 aromatic carbocycles. The standard InChI is InChI=1S/C15H14BrFO/c1-15(2,18)13-12(16)9-8-11(14(13)17)10-6-4-3-5-7-10/h3-9,18H,1-2H3. The number of hydrogen-bond acceptors (Lipinski definition) is 1. The fraction of sp³-hybridized carbons (Fsp3) is 0.200. The van der Waals surface area contributed by atoms with Crippen LogP contribution in [-0.4, -0.2) is 5.11 Å². The van der Waals surface area contributed by atoms with Crippen LogP contribution in [0.3, 0.4) is 0 Å². The van der Waals surface area contributed by atoms with Crippen LogP contribution in [0.25, 0.3) is 11.1 Å². The Balaban J connectivity index is 2.66. The lowest BCUT2D eigenvalue weighted by Crippen LogP contribution is -2.19. The molecule has 0 unspecified atom stereocenters. The molecule has 0 radical (unpaired) electrons. The molecule has 0 bridgehead atoms. The molecule has 0 aliphatic carbocycles. The van der Waals surface area contributed by atoms with Crippen LogP contribution >= 0.6 is 15.9 Å². The number of benzene rings is 2. The van der Waals surface area contributed by atoms with Crippen LogP contribution in [0.1, 0.15) is 19.4 Å². The van der Waals surface area contributed by atoms with Gasteiger partial charge < -0.3 is 5.11 Å². The summed E-state index contributed by atoms with van der Waals surface area (Å²) in [6.45, 7) is 3.15. The third-order valence-electron chi connectivity index (χ3n) is 2.79. The van der Waals surface area contributed by atoms with Gasteiger partial charge >= 0.3 is 0 Å². The molecule has 3 heteroatoms. The van der Waals surface area contributed by atoms with E-state index in [0.717, 1.165) is 5.56 Å². The topological polar surface area (TPSA) is 20.2 Å². The lowest BCUT2D eigenvalue weighted by Gasteiger charge is -2.21. The molecule has 1 N–H and O–H groups in total. The van der Waals surface area contributed by atoms with E-state index in [9.17, 15) is 9.50 Å². The van der Waals surface area contributed by atoms with Gasteiger partial charge in [-0.25, -0.2) is 4.39 Å². The SMILES string of the molecule is CC(C)(O)c1c(Br)ccc(-c2ccccc2)c1F. The molecule has 18 heavy (non-hydrogen) atoms. The first-order valence-electron chi connectivity index (χ1n) is 5.67. The Labute approximate surface area is 114 Å². The van der Waals surface area contributed by atoms with Gasteiger partial charge in [-0.3, -0.25) is 0 Å². The maximum atomic E-state index is 14.5. The Bertz CT molecular complexity index is 559. The van der Waals surface area contributed by atoms with Crippen LogP contribution in [-0.2, 0) is 5.60 Å². The molecule has 0 aromatic heterocycles. The van der Waals surface area contributed by atoms with E-state index in [1.165, 1.54) is 0 Å². The molecule has 94 valence electrons. The Morgan fingerprint density at radius 2 is 1.67 bits per heavy atom. The van der Waals surface area contributed by atoms with Crippen LogP contribution < -0.4 is 0 Å². The summed E-state index contributed by atoms with van der Waals surface area (Å²) >= 11 is 3.29. The van der Waals surface area contributed by atoms with Gasteiger partial charge in [0.05, 0.1) is 5.60 Å². The largest absolute Gasteiger partial charge is 0.386 e. The Hall–Kier alpha value is -1.19. The van der Waals surface area contributed by atoms with Crippen LogP contribution in [0.4, 0.5) is 4.39 Å². The van der Waals surface area contributed by atoms with Gasteiger partial charge in [-0.15, -0.1) is 0 Å². The summed E-state index contributed by atoms with van der Waals surface area (Å²) in [5.74, 6) is -0.386. The fourth-order valence-electron chi connectivity index (χ4n) is 1.95. The molecule has 0 atom stereocenters. The quantitative estimate of drug-likeness (QED) is 0.867. The summed E-state index contributed by atoms with van der Waals surface area (Å²) < 4.78 is 15.1. The molecule has 0 aliphatic rings.